The van der Waals surface area contributed by atoms with Gasteiger partial charge in [-0.25, -0.2) is 0 Å². The fraction of sp³-hybridized carbons (Fsp3) is 0.125. The van der Waals surface area contributed by atoms with Crippen LogP contribution in [-0.4, -0.2) is 11.9 Å². The average molecular weight is 252 g/mol. The van der Waals surface area contributed by atoms with Crippen molar-refractivity contribution < 1.29 is 9.50 Å². The number of ether oxygens (including phenoxy) is 1. The normalized spacial score (nSPS) is 13.7. The highest BCUT2D eigenvalue weighted by Gasteiger charge is 2.26. The Morgan fingerprint density at radius 1 is 1.05 bits per heavy atom. The van der Waals surface area contributed by atoms with Crippen molar-refractivity contribution in [1.29, 1.82) is 0 Å². The maximum atomic E-state index is 12.1. The summed E-state index contributed by atoms with van der Waals surface area (Å²) in [6, 6.07) is 15.5. The highest BCUT2D eigenvalue weighted by Crippen LogP contribution is 2.28. The van der Waals surface area contributed by atoms with Gasteiger partial charge in [-0.3, -0.25) is 0 Å². The molecule has 0 fully saturated rings. The van der Waals surface area contributed by atoms with E-state index < -0.39 is 0 Å². The van der Waals surface area contributed by atoms with Crippen LogP contribution in [0.4, 0.5) is 0 Å². The Kier molecular flexibility index (Phi) is 2.88. The molecule has 1 heterocycles. The monoisotopic (exact) mass is 252 g/mol. The maximum absolute atomic E-state index is 12.1. The minimum atomic E-state index is 0.397. The molecule has 0 saturated heterocycles. The molecule has 3 nitrogen and oxygen atoms in total. The molecule has 0 atom stereocenters. The Bertz CT molecular complexity index is 657. The van der Waals surface area contributed by atoms with Crippen LogP contribution in [0.15, 0.2) is 48.5 Å². The van der Waals surface area contributed by atoms with Crippen LogP contribution in [0.25, 0.3) is 11.8 Å². The fourth-order valence-corrected chi connectivity index (χ4v) is 2.27. The van der Waals surface area contributed by atoms with Crippen molar-refractivity contribution in [2.24, 2.45) is 0 Å². The second-order valence-corrected chi connectivity index (χ2v) is 4.49. The molecule has 0 unspecified atom stereocenters. The summed E-state index contributed by atoms with van der Waals surface area (Å²) in [5, 5.41) is 0. The van der Waals surface area contributed by atoms with Gasteiger partial charge in [-0.2, -0.15) is 0 Å². The molecular formula is C16H14NO2+. The summed E-state index contributed by atoms with van der Waals surface area (Å²) in [6.45, 7) is 0.397. The summed E-state index contributed by atoms with van der Waals surface area (Å²) in [5.74, 6) is 0.790. The topological polar surface area (TPSA) is 29.3 Å². The van der Waals surface area contributed by atoms with Gasteiger partial charge in [0, 0.05) is 21.3 Å². The van der Waals surface area contributed by atoms with E-state index in [-0.39, 0.29) is 0 Å². The number of fused-ring (bicyclic) bond motifs is 1. The quantitative estimate of drug-likeness (QED) is 0.766. The van der Waals surface area contributed by atoms with Crippen molar-refractivity contribution in [3.8, 4) is 5.75 Å². The number of hydrogen-bond acceptors (Lipinski definition) is 2. The van der Waals surface area contributed by atoms with Gasteiger partial charge in [0.05, 0.1) is 12.7 Å². The zero-order valence-corrected chi connectivity index (χ0v) is 10.7. The maximum Gasteiger partial charge on any atom is 0.264 e. The fourth-order valence-electron chi connectivity index (χ4n) is 2.27. The van der Waals surface area contributed by atoms with E-state index in [1.807, 2.05) is 54.6 Å². The highest BCUT2D eigenvalue weighted by molar-refractivity contribution is 5.78. The third-order valence-corrected chi connectivity index (χ3v) is 3.32. The molecular weight excluding hydrogens is 238 g/mol. The molecule has 0 amide bonds. The minimum absolute atomic E-state index is 0.397. The lowest BCUT2D eigenvalue weighted by Crippen LogP contribution is -2.12. The van der Waals surface area contributed by atoms with Gasteiger partial charge < -0.3 is 4.74 Å². The molecule has 94 valence electrons. The smallest absolute Gasteiger partial charge is 0.264 e. The van der Waals surface area contributed by atoms with E-state index in [1.54, 1.807) is 7.11 Å². The number of nitroso groups, excluding NO2 is 1. The van der Waals surface area contributed by atoms with E-state index in [2.05, 4.69) is 0 Å². The standard InChI is InChI=1S/C16H14NO2/c1-19-15-8-6-12(7-9-15)16-10-13-4-2-3-5-14(13)11-17(16)18/h2-10H,11H2,1H3/q+1. The Balaban J connectivity index is 2.04. The zero-order valence-electron chi connectivity index (χ0n) is 10.7. The van der Waals surface area contributed by atoms with Crippen molar-refractivity contribution in [1.82, 2.24) is 0 Å². The van der Waals surface area contributed by atoms with Crippen LogP contribution in [0.5, 0.6) is 5.75 Å². The molecule has 0 bridgehead atoms. The molecule has 0 N–H and O–H groups in total. The number of hydrogen-bond donors (Lipinski definition) is 0. The molecule has 0 aliphatic carbocycles. The summed E-state index contributed by atoms with van der Waals surface area (Å²) in [5.41, 5.74) is 3.78. The number of methoxy groups -OCH3 is 1. The molecule has 1 aliphatic heterocycles. The van der Waals surface area contributed by atoms with Gasteiger partial charge in [0.2, 0.25) is 6.54 Å². The van der Waals surface area contributed by atoms with E-state index in [0.717, 1.165) is 27.2 Å². The van der Waals surface area contributed by atoms with Gasteiger partial charge in [-0.15, -0.1) is 0 Å². The van der Waals surface area contributed by atoms with E-state index in [4.69, 9.17) is 4.74 Å². The summed E-state index contributed by atoms with van der Waals surface area (Å²) < 4.78 is 6.16. The third-order valence-electron chi connectivity index (χ3n) is 3.32. The predicted octanol–water partition coefficient (Wildman–Crippen LogP) is 3.49. The molecule has 2 aromatic rings. The van der Waals surface area contributed by atoms with Crippen LogP contribution in [0.3, 0.4) is 0 Å². The van der Waals surface area contributed by atoms with Gasteiger partial charge in [-0.1, -0.05) is 24.3 Å². The van der Waals surface area contributed by atoms with E-state index >= 15 is 0 Å². The van der Waals surface area contributed by atoms with Crippen LogP contribution >= 0.6 is 0 Å². The van der Waals surface area contributed by atoms with Gasteiger partial charge in [0.15, 0.2) is 0 Å². The molecule has 0 radical (unpaired) electrons. The lowest BCUT2D eigenvalue weighted by molar-refractivity contribution is -0.471. The molecule has 3 rings (SSSR count). The highest BCUT2D eigenvalue weighted by atomic mass is 16.5. The molecule has 0 aromatic heterocycles. The number of benzene rings is 2. The Labute approximate surface area is 111 Å². The second-order valence-electron chi connectivity index (χ2n) is 4.49. The van der Waals surface area contributed by atoms with Crippen LogP contribution in [0.1, 0.15) is 16.7 Å². The summed E-state index contributed by atoms with van der Waals surface area (Å²) >= 11 is 0. The SMILES string of the molecule is COc1ccc(C2=Cc3ccccc3C[N+]2=O)cc1. The van der Waals surface area contributed by atoms with Crippen LogP contribution in [0.2, 0.25) is 0 Å². The predicted molar refractivity (Wildman–Crippen MR) is 74.6 cm³/mol. The number of rotatable bonds is 2. The summed E-state index contributed by atoms with van der Waals surface area (Å²) in [6.07, 6.45) is 1.94. The van der Waals surface area contributed by atoms with Crippen molar-refractivity contribution in [3.63, 3.8) is 0 Å². The summed E-state index contributed by atoms with van der Waals surface area (Å²) in [7, 11) is 1.63. The lowest BCUT2D eigenvalue weighted by Gasteiger charge is -2.09. The average Bonchev–Trinajstić information content (AvgIpc) is 2.47. The third kappa shape index (κ3) is 2.15. The van der Waals surface area contributed by atoms with Crippen molar-refractivity contribution in [3.05, 3.63) is 70.1 Å². The second kappa shape index (κ2) is 4.69. The van der Waals surface area contributed by atoms with Gasteiger partial charge >= 0.3 is 0 Å². The first-order chi connectivity index (χ1) is 9.28. The molecule has 3 heteroatoms. The van der Waals surface area contributed by atoms with Crippen LogP contribution < -0.4 is 4.74 Å². The Morgan fingerprint density at radius 2 is 1.79 bits per heavy atom. The van der Waals surface area contributed by atoms with Crippen molar-refractivity contribution >= 4 is 11.8 Å². The van der Waals surface area contributed by atoms with E-state index in [0.29, 0.717) is 12.2 Å². The van der Waals surface area contributed by atoms with Crippen LogP contribution in [-0.2, 0) is 6.54 Å². The van der Waals surface area contributed by atoms with Crippen LogP contribution in [0, 0.1) is 4.91 Å². The molecule has 19 heavy (non-hydrogen) atoms. The first kappa shape index (κ1) is 11.7. The molecule has 2 aromatic carbocycles. The molecule has 0 spiro atoms. The van der Waals surface area contributed by atoms with Gasteiger partial charge in [0.25, 0.3) is 5.70 Å². The first-order valence-corrected chi connectivity index (χ1v) is 6.16. The van der Waals surface area contributed by atoms with Crippen molar-refractivity contribution in [2.45, 2.75) is 6.54 Å². The van der Waals surface area contributed by atoms with E-state index in [9.17, 15) is 4.91 Å². The van der Waals surface area contributed by atoms with Gasteiger partial charge in [0.1, 0.15) is 5.75 Å². The van der Waals surface area contributed by atoms with Gasteiger partial charge in [-0.05, 0) is 29.8 Å². The molecule has 1 aliphatic rings. The van der Waals surface area contributed by atoms with E-state index in [1.165, 1.54) is 0 Å². The molecule has 0 saturated carbocycles. The number of nitrogens with zero attached hydrogens (tertiary/aromatic N) is 1. The lowest BCUT2D eigenvalue weighted by atomic mass is 10.00. The van der Waals surface area contributed by atoms with Crippen molar-refractivity contribution in [2.75, 3.05) is 7.11 Å². The zero-order chi connectivity index (χ0) is 13.2. The Morgan fingerprint density at radius 3 is 2.53 bits per heavy atom. The largest absolute Gasteiger partial charge is 0.497 e. The Hall–Kier alpha value is -2.42. The first-order valence-electron chi connectivity index (χ1n) is 6.16. The minimum Gasteiger partial charge on any atom is -0.497 e. The summed E-state index contributed by atoms with van der Waals surface area (Å²) in [4.78, 5) is 12.1.